The highest BCUT2D eigenvalue weighted by Gasteiger charge is 2.19. The van der Waals surface area contributed by atoms with E-state index in [4.69, 9.17) is 14.0 Å². The van der Waals surface area contributed by atoms with E-state index >= 15 is 0 Å². The molecule has 1 heterocycles. The largest absolute Gasteiger partial charge is 0.497 e. The summed E-state index contributed by atoms with van der Waals surface area (Å²) in [5.74, 6) is 1.44. The molecule has 24 heavy (non-hydrogen) atoms. The summed E-state index contributed by atoms with van der Waals surface area (Å²) in [7, 11) is 3.25. The number of nitrogens with zero attached hydrogens (tertiary/aromatic N) is 2. The lowest BCUT2D eigenvalue weighted by Crippen LogP contribution is -2.36. The summed E-state index contributed by atoms with van der Waals surface area (Å²) in [6, 6.07) is 9.40. The lowest BCUT2D eigenvalue weighted by Gasteiger charge is -2.23. The third kappa shape index (κ3) is 4.58. The van der Waals surface area contributed by atoms with Crippen LogP contribution in [0.4, 0.5) is 0 Å². The maximum atomic E-state index is 12.3. The Morgan fingerprint density at radius 3 is 2.54 bits per heavy atom. The average Bonchev–Trinajstić information content (AvgIpc) is 3.06. The minimum absolute atomic E-state index is 0.0704. The van der Waals surface area contributed by atoms with E-state index in [0.717, 1.165) is 11.3 Å². The molecule has 6 nitrogen and oxygen atoms in total. The van der Waals surface area contributed by atoms with Gasteiger partial charge in [-0.15, -0.1) is 0 Å². The van der Waals surface area contributed by atoms with E-state index in [1.54, 1.807) is 19.1 Å². The van der Waals surface area contributed by atoms with Crippen molar-refractivity contribution in [2.45, 2.75) is 20.4 Å². The zero-order valence-corrected chi connectivity index (χ0v) is 14.6. The molecule has 0 N–H and O–H groups in total. The van der Waals surface area contributed by atoms with Gasteiger partial charge in [0, 0.05) is 31.2 Å². The summed E-state index contributed by atoms with van der Waals surface area (Å²) in [6.07, 6.45) is 0. The first-order valence-corrected chi connectivity index (χ1v) is 7.93. The number of aromatic nitrogens is 1. The summed E-state index contributed by atoms with van der Waals surface area (Å²) in [6.45, 7) is 5.18. The number of carbonyl (C=O) groups is 1. The molecule has 1 amide bonds. The highest BCUT2D eigenvalue weighted by molar-refractivity contribution is 5.78. The molecule has 0 aliphatic heterocycles. The van der Waals surface area contributed by atoms with Crippen molar-refractivity contribution < 1.29 is 18.8 Å². The first-order valence-electron chi connectivity index (χ1n) is 7.93. The summed E-state index contributed by atoms with van der Waals surface area (Å²) >= 11 is 0. The van der Waals surface area contributed by atoms with Crippen LogP contribution in [0.15, 0.2) is 34.9 Å². The summed E-state index contributed by atoms with van der Waals surface area (Å²) in [5.41, 5.74) is 1.62. The van der Waals surface area contributed by atoms with Gasteiger partial charge in [0.2, 0.25) is 5.91 Å². The first-order chi connectivity index (χ1) is 11.5. The van der Waals surface area contributed by atoms with Crippen LogP contribution in [0.1, 0.15) is 19.5 Å². The third-order valence-electron chi connectivity index (χ3n) is 3.66. The highest BCUT2D eigenvalue weighted by Crippen LogP contribution is 2.23. The number of hydrogen-bond donors (Lipinski definition) is 0. The Kier molecular flexibility index (Phi) is 6.37. The van der Waals surface area contributed by atoms with Gasteiger partial charge in [-0.25, -0.2) is 0 Å². The molecule has 2 aromatic rings. The number of carbonyl (C=O) groups excluding carboxylic acids is 1. The van der Waals surface area contributed by atoms with Crippen molar-refractivity contribution in [3.8, 4) is 17.1 Å². The van der Waals surface area contributed by atoms with Gasteiger partial charge in [0.05, 0.1) is 20.3 Å². The van der Waals surface area contributed by atoms with Gasteiger partial charge in [-0.1, -0.05) is 19.0 Å². The fourth-order valence-corrected chi connectivity index (χ4v) is 2.31. The van der Waals surface area contributed by atoms with E-state index in [2.05, 4.69) is 5.16 Å². The van der Waals surface area contributed by atoms with Crippen molar-refractivity contribution in [2.75, 3.05) is 27.4 Å². The van der Waals surface area contributed by atoms with Crippen LogP contribution < -0.4 is 4.74 Å². The predicted octanol–water partition coefficient (Wildman–Crippen LogP) is 2.98. The fourth-order valence-electron chi connectivity index (χ4n) is 2.31. The second-order valence-corrected chi connectivity index (χ2v) is 5.82. The van der Waals surface area contributed by atoms with Crippen LogP contribution in [0.3, 0.4) is 0 Å². The van der Waals surface area contributed by atoms with Gasteiger partial charge in [0.25, 0.3) is 0 Å². The van der Waals surface area contributed by atoms with Crippen molar-refractivity contribution in [1.29, 1.82) is 0 Å². The van der Waals surface area contributed by atoms with E-state index in [9.17, 15) is 4.79 Å². The van der Waals surface area contributed by atoms with Crippen LogP contribution in [0.5, 0.6) is 5.75 Å². The second-order valence-electron chi connectivity index (χ2n) is 5.82. The smallest absolute Gasteiger partial charge is 0.225 e. The highest BCUT2D eigenvalue weighted by atomic mass is 16.5. The third-order valence-corrected chi connectivity index (χ3v) is 3.66. The van der Waals surface area contributed by atoms with Gasteiger partial charge in [-0.05, 0) is 24.3 Å². The molecule has 2 rings (SSSR count). The van der Waals surface area contributed by atoms with Gasteiger partial charge >= 0.3 is 0 Å². The molecule has 0 bridgehead atoms. The van der Waals surface area contributed by atoms with Crippen molar-refractivity contribution in [3.63, 3.8) is 0 Å². The van der Waals surface area contributed by atoms with Crippen LogP contribution in [0.25, 0.3) is 11.3 Å². The molecular weight excluding hydrogens is 308 g/mol. The number of amides is 1. The lowest BCUT2D eigenvalue weighted by atomic mass is 10.1. The molecular formula is C18H24N2O4. The molecule has 0 unspecified atom stereocenters. The Bertz CT molecular complexity index is 649. The van der Waals surface area contributed by atoms with Crippen LogP contribution in [0, 0.1) is 5.92 Å². The second kappa shape index (κ2) is 8.49. The number of ether oxygens (including phenoxy) is 2. The summed E-state index contributed by atoms with van der Waals surface area (Å²) in [5, 5.41) is 4.08. The molecule has 0 aliphatic carbocycles. The number of methoxy groups -OCH3 is 2. The average molecular weight is 332 g/mol. The molecule has 0 saturated carbocycles. The quantitative estimate of drug-likeness (QED) is 0.743. The molecule has 6 heteroatoms. The van der Waals surface area contributed by atoms with Gasteiger partial charge in [0.15, 0.2) is 5.76 Å². The Labute approximate surface area is 142 Å². The Morgan fingerprint density at radius 1 is 1.25 bits per heavy atom. The minimum Gasteiger partial charge on any atom is -0.497 e. The Hall–Kier alpha value is -2.34. The summed E-state index contributed by atoms with van der Waals surface area (Å²) < 4.78 is 15.6. The zero-order valence-electron chi connectivity index (χ0n) is 14.6. The molecule has 130 valence electrons. The van der Waals surface area contributed by atoms with E-state index in [-0.39, 0.29) is 11.8 Å². The van der Waals surface area contributed by atoms with Crippen LogP contribution in [-0.4, -0.2) is 43.3 Å². The van der Waals surface area contributed by atoms with Crippen LogP contribution >= 0.6 is 0 Å². The maximum Gasteiger partial charge on any atom is 0.225 e. The molecule has 0 radical (unpaired) electrons. The summed E-state index contributed by atoms with van der Waals surface area (Å²) in [4.78, 5) is 14.0. The topological polar surface area (TPSA) is 64.8 Å². The molecule has 0 aliphatic rings. The van der Waals surface area contributed by atoms with Gasteiger partial charge in [-0.3, -0.25) is 4.79 Å². The van der Waals surface area contributed by atoms with E-state index in [0.29, 0.717) is 31.2 Å². The lowest BCUT2D eigenvalue weighted by molar-refractivity contribution is -0.135. The molecule has 1 aromatic heterocycles. The molecule has 0 atom stereocenters. The monoisotopic (exact) mass is 332 g/mol. The zero-order chi connectivity index (χ0) is 17.5. The van der Waals surface area contributed by atoms with Crippen molar-refractivity contribution in [1.82, 2.24) is 10.1 Å². The van der Waals surface area contributed by atoms with Crippen molar-refractivity contribution in [2.24, 2.45) is 5.92 Å². The Balaban J connectivity index is 2.10. The number of benzene rings is 1. The van der Waals surface area contributed by atoms with E-state index < -0.39 is 0 Å². The SMILES string of the molecule is COCCN(Cc1cc(-c2ccc(OC)cc2)on1)C(=O)C(C)C. The minimum atomic E-state index is -0.0742. The predicted molar refractivity (Wildman–Crippen MR) is 90.6 cm³/mol. The first kappa shape index (κ1) is 18.0. The Morgan fingerprint density at radius 2 is 1.96 bits per heavy atom. The standard InChI is InChI=1S/C18H24N2O4/c1-13(2)18(21)20(9-10-22-3)12-15-11-17(24-19-15)14-5-7-16(23-4)8-6-14/h5-8,11,13H,9-10,12H2,1-4H3. The van der Waals surface area contributed by atoms with Gasteiger partial charge in [-0.2, -0.15) is 0 Å². The molecule has 0 saturated heterocycles. The van der Waals surface area contributed by atoms with Crippen LogP contribution in [-0.2, 0) is 16.1 Å². The van der Waals surface area contributed by atoms with Crippen molar-refractivity contribution in [3.05, 3.63) is 36.0 Å². The molecule has 0 spiro atoms. The normalized spacial score (nSPS) is 10.9. The van der Waals surface area contributed by atoms with E-state index in [1.165, 1.54) is 0 Å². The van der Waals surface area contributed by atoms with E-state index in [1.807, 2.05) is 44.2 Å². The van der Waals surface area contributed by atoms with Crippen LogP contribution in [0.2, 0.25) is 0 Å². The fraction of sp³-hybridized carbons (Fsp3) is 0.444. The van der Waals surface area contributed by atoms with Gasteiger partial charge in [0.1, 0.15) is 11.4 Å². The molecule has 1 aromatic carbocycles. The number of rotatable bonds is 8. The maximum absolute atomic E-state index is 12.3. The van der Waals surface area contributed by atoms with Crippen molar-refractivity contribution >= 4 is 5.91 Å². The number of hydrogen-bond acceptors (Lipinski definition) is 5. The molecule has 0 fully saturated rings. The van der Waals surface area contributed by atoms with Gasteiger partial charge < -0.3 is 18.9 Å².